The molecule has 0 fully saturated rings. The number of benzene rings is 1. The minimum atomic E-state index is -0.618. The number of pyridine rings is 1. The zero-order valence-corrected chi connectivity index (χ0v) is 15.7. The zero-order valence-electron chi connectivity index (χ0n) is 15.7. The highest BCUT2D eigenvalue weighted by Crippen LogP contribution is 2.23. The third kappa shape index (κ3) is 4.66. The van der Waals surface area contributed by atoms with E-state index < -0.39 is 11.5 Å². The quantitative estimate of drug-likeness (QED) is 0.376. The Hall–Kier alpha value is -3.96. The summed E-state index contributed by atoms with van der Waals surface area (Å²) in [6.07, 6.45) is 2.74. The minimum Gasteiger partial charge on any atom is -0.438 e. The van der Waals surface area contributed by atoms with Gasteiger partial charge >= 0.3 is 0 Å². The second-order valence-electron chi connectivity index (χ2n) is 5.90. The number of fused-ring (bicyclic) bond motifs is 1. The maximum atomic E-state index is 13.0. The third-order valence-corrected chi connectivity index (χ3v) is 3.94. The maximum absolute atomic E-state index is 13.0. The van der Waals surface area contributed by atoms with Gasteiger partial charge in [-0.3, -0.25) is 14.0 Å². The molecule has 146 valence electrons. The van der Waals surface area contributed by atoms with Gasteiger partial charge in [-0.1, -0.05) is 24.3 Å². The average molecular weight is 390 g/mol. The molecule has 0 aliphatic rings. The van der Waals surface area contributed by atoms with Crippen molar-refractivity contribution in [2.75, 3.05) is 20.3 Å². The summed E-state index contributed by atoms with van der Waals surface area (Å²) in [6.45, 7) is 0.531. The fraction of sp³-hybridized carbons (Fsp3) is 0.143. The lowest BCUT2D eigenvalue weighted by Crippen LogP contribution is -2.28. The van der Waals surface area contributed by atoms with Gasteiger partial charge in [-0.2, -0.15) is 10.2 Å². The van der Waals surface area contributed by atoms with E-state index in [0.29, 0.717) is 18.0 Å². The summed E-state index contributed by atoms with van der Waals surface area (Å²) in [5.74, 6) is -0.144. The van der Waals surface area contributed by atoms with Gasteiger partial charge < -0.3 is 14.8 Å². The molecule has 3 aromatic rings. The largest absolute Gasteiger partial charge is 0.438 e. The van der Waals surface area contributed by atoms with Gasteiger partial charge in [0.25, 0.3) is 11.5 Å². The Morgan fingerprint density at radius 2 is 2.00 bits per heavy atom. The van der Waals surface area contributed by atoms with E-state index in [1.807, 2.05) is 12.1 Å². The lowest BCUT2D eigenvalue weighted by Gasteiger charge is -2.10. The SMILES string of the molecule is COCCNC(=O)/C(C#N)=C/c1c(Oc2ccccc2)nc2ccccn2c1=O. The van der Waals surface area contributed by atoms with Gasteiger partial charge in [0.05, 0.1) is 6.61 Å². The number of carbonyl (C=O) groups is 1. The van der Waals surface area contributed by atoms with Crippen molar-refractivity contribution >= 4 is 17.6 Å². The van der Waals surface area contributed by atoms with E-state index in [0.717, 1.165) is 0 Å². The van der Waals surface area contributed by atoms with Crippen molar-refractivity contribution in [3.8, 4) is 17.7 Å². The number of ether oxygens (including phenoxy) is 2. The highest BCUT2D eigenvalue weighted by atomic mass is 16.5. The van der Waals surface area contributed by atoms with E-state index in [4.69, 9.17) is 9.47 Å². The Labute approximate surface area is 166 Å². The predicted molar refractivity (Wildman–Crippen MR) is 106 cm³/mol. The number of nitrogens with one attached hydrogen (secondary N) is 1. The van der Waals surface area contributed by atoms with Crippen molar-refractivity contribution in [2.24, 2.45) is 0 Å². The Kier molecular flexibility index (Phi) is 6.35. The highest BCUT2D eigenvalue weighted by molar-refractivity contribution is 6.01. The first-order valence-electron chi connectivity index (χ1n) is 8.77. The van der Waals surface area contributed by atoms with Crippen LogP contribution >= 0.6 is 0 Å². The molecule has 0 spiro atoms. The highest BCUT2D eigenvalue weighted by Gasteiger charge is 2.17. The van der Waals surface area contributed by atoms with Crippen molar-refractivity contribution in [3.63, 3.8) is 0 Å². The first-order chi connectivity index (χ1) is 14.1. The molecular formula is C21H18N4O4. The summed E-state index contributed by atoms with van der Waals surface area (Å²) in [5, 5.41) is 12.0. The molecule has 1 aromatic carbocycles. The van der Waals surface area contributed by atoms with Gasteiger partial charge in [-0.25, -0.2) is 0 Å². The molecule has 0 radical (unpaired) electrons. The van der Waals surface area contributed by atoms with Crippen molar-refractivity contribution in [3.05, 3.63) is 76.2 Å². The molecule has 29 heavy (non-hydrogen) atoms. The summed E-state index contributed by atoms with van der Waals surface area (Å²) in [5.41, 5.74) is -0.326. The van der Waals surface area contributed by atoms with Gasteiger partial charge in [0.2, 0.25) is 5.88 Å². The van der Waals surface area contributed by atoms with Crippen molar-refractivity contribution < 1.29 is 14.3 Å². The summed E-state index contributed by atoms with van der Waals surface area (Å²) in [4.78, 5) is 29.7. The van der Waals surface area contributed by atoms with Crippen LogP contribution in [0.15, 0.2) is 65.1 Å². The van der Waals surface area contributed by atoms with E-state index in [9.17, 15) is 14.9 Å². The molecule has 2 heterocycles. The summed E-state index contributed by atoms with van der Waals surface area (Å²) in [6, 6.07) is 15.7. The van der Waals surface area contributed by atoms with Crippen LogP contribution in [0.2, 0.25) is 0 Å². The average Bonchev–Trinajstić information content (AvgIpc) is 2.74. The van der Waals surface area contributed by atoms with E-state index >= 15 is 0 Å². The Morgan fingerprint density at radius 1 is 1.24 bits per heavy atom. The molecule has 0 bridgehead atoms. The standard InChI is InChI=1S/C21H18N4O4/c1-28-12-10-23-19(26)15(14-22)13-17-20(29-16-7-3-2-4-8-16)24-18-9-5-6-11-25(18)21(17)27/h2-9,11,13H,10,12H2,1H3,(H,23,26)/b15-13+. The molecule has 0 atom stereocenters. The number of nitriles is 1. The fourth-order valence-electron chi connectivity index (χ4n) is 2.54. The second-order valence-corrected chi connectivity index (χ2v) is 5.90. The Bertz CT molecular complexity index is 1150. The molecule has 0 unspecified atom stereocenters. The number of methoxy groups -OCH3 is 1. The summed E-state index contributed by atoms with van der Waals surface area (Å²) >= 11 is 0. The topological polar surface area (TPSA) is 106 Å². The van der Waals surface area contributed by atoms with Crippen LogP contribution in [0.3, 0.4) is 0 Å². The van der Waals surface area contributed by atoms with Crippen molar-refractivity contribution in [1.29, 1.82) is 5.26 Å². The van der Waals surface area contributed by atoms with Gasteiger partial charge in [0.1, 0.15) is 28.6 Å². The molecule has 3 rings (SSSR count). The van der Waals surface area contributed by atoms with Crippen LogP contribution in [0.5, 0.6) is 11.6 Å². The smallest absolute Gasteiger partial charge is 0.269 e. The van der Waals surface area contributed by atoms with Gasteiger partial charge in [-0.05, 0) is 30.3 Å². The predicted octanol–water partition coefficient (Wildman–Crippen LogP) is 2.16. The summed E-state index contributed by atoms with van der Waals surface area (Å²) in [7, 11) is 1.50. The monoisotopic (exact) mass is 390 g/mol. The molecule has 0 saturated heterocycles. The van der Waals surface area contributed by atoms with E-state index in [2.05, 4.69) is 10.3 Å². The lowest BCUT2D eigenvalue weighted by molar-refractivity contribution is -0.117. The first-order valence-corrected chi connectivity index (χ1v) is 8.77. The van der Waals surface area contributed by atoms with Crippen LogP contribution in [0.4, 0.5) is 0 Å². The Morgan fingerprint density at radius 3 is 2.72 bits per heavy atom. The molecule has 0 saturated carbocycles. The Balaban J connectivity index is 2.10. The number of aromatic nitrogens is 2. The first kappa shape index (κ1) is 19.8. The van der Waals surface area contributed by atoms with E-state index in [1.165, 1.54) is 17.6 Å². The molecular weight excluding hydrogens is 372 g/mol. The number of rotatable bonds is 7. The third-order valence-electron chi connectivity index (χ3n) is 3.94. The van der Waals surface area contributed by atoms with E-state index in [1.54, 1.807) is 48.7 Å². The molecule has 0 aliphatic heterocycles. The van der Waals surface area contributed by atoms with Crippen molar-refractivity contribution in [1.82, 2.24) is 14.7 Å². The van der Waals surface area contributed by atoms with Crippen LogP contribution in [-0.2, 0) is 9.53 Å². The number of para-hydroxylation sites is 1. The van der Waals surface area contributed by atoms with Crippen molar-refractivity contribution in [2.45, 2.75) is 0 Å². The van der Waals surface area contributed by atoms with Crippen LogP contribution in [0.25, 0.3) is 11.7 Å². The lowest BCUT2D eigenvalue weighted by atomic mass is 10.1. The number of carbonyl (C=O) groups excluding carboxylic acids is 1. The van der Waals surface area contributed by atoms with Crippen LogP contribution in [-0.4, -0.2) is 35.6 Å². The van der Waals surface area contributed by atoms with Crippen LogP contribution < -0.4 is 15.6 Å². The zero-order chi connectivity index (χ0) is 20.6. The van der Waals surface area contributed by atoms with Gasteiger partial charge in [0, 0.05) is 19.9 Å². The fourth-order valence-corrected chi connectivity index (χ4v) is 2.54. The number of nitrogens with zero attached hydrogens (tertiary/aromatic N) is 3. The van der Waals surface area contributed by atoms with Gasteiger partial charge in [0.15, 0.2) is 0 Å². The molecule has 1 amide bonds. The van der Waals surface area contributed by atoms with E-state index in [-0.39, 0.29) is 23.6 Å². The molecule has 8 nitrogen and oxygen atoms in total. The van der Waals surface area contributed by atoms with Crippen LogP contribution in [0.1, 0.15) is 5.56 Å². The summed E-state index contributed by atoms with van der Waals surface area (Å²) < 4.78 is 12.0. The minimum absolute atomic E-state index is 0.00371. The molecule has 8 heteroatoms. The number of hydrogen-bond acceptors (Lipinski definition) is 6. The van der Waals surface area contributed by atoms with Gasteiger partial charge in [-0.15, -0.1) is 0 Å². The normalized spacial score (nSPS) is 11.1. The number of amides is 1. The molecule has 0 aliphatic carbocycles. The second kappa shape index (κ2) is 9.30. The maximum Gasteiger partial charge on any atom is 0.269 e. The van der Waals surface area contributed by atoms with Crippen LogP contribution in [0, 0.1) is 11.3 Å². The number of hydrogen-bond donors (Lipinski definition) is 1. The molecule has 1 N–H and O–H groups in total. The molecule has 2 aromatic heterocycles.